The van der Waals surface area contributed by atoms with Crippen LogP contribution in [0.3, 0.4) is 0 Å². The van der Waals surface area contributed by atoms with Crippen LogP contribution in [0.5, 0.6) is 5.75 Å². The van der Waals surface area contributed by atoms with Crippen LogP contribution in [0.25, 0.3) is 12.2 Å². The maximum Gasteiger partial charge on any atom is 0.174 e. The fraction of sp³-hybridized carbons (Fsp3) is 0.143. The summed E-state index contributed by atoms with van der Waals surface area (Å²) in [6.45, 7) is 11.4. The molecule has 0 saturated carbocycles. The largest absolute Gasteiger partial charge is 0.507 e. The Morgan fingerprint density at radius 3 is 2.24 bits per heavy atom. The lowest BCUT2D eigenvalue weighted by Crippen LogP contribution is -2.09. The van der Waals surface area contributed by atoms with E-state index in [4.69, 9.17) is 11.6 Å². The van der Waals surface area contributed by atoms with Crippen molar-refractivity contribution < 1.29 is 14.7 Å². The highest BCUT2D eigenvalue weighted by molar-refractivity contribution is 6.31. The summed E-state index contributed by atoms with van der Waals surface area (Å²) in [6.07, 6.45) is 2.94. The molecule has 3 nitrogen and oxygen atoms in total. The van der Waals surface area contributed by atoms with E-state index in [1.807, 2.05) is 13.8 Å². The van der Waals surface area contributed by atoms with Crippen LogP contribution in [0.4, 0.5) is 0 Å². The van der Waals surface area contributed by atoms with Crippen LogP contribution in [-0.2, 0) is 0 Å². The van der Waals surface area contributed by atoms with Crippen molar-refractivity contribution in [2.45, 2.75) is 20.3 Å². The molecule has 4 heteroatoms. The average Bonchev–Trinajstić information content (AvgIpc) is 2.64. The Kier molecular flexibility index (Phi) is 7.83. The zero-order chi connectivity index (χ0) is 19.0. The molecule has 0 amide bonds. The number of hydrogen-bond donors (Lipinski definition) is 1. The Bertz CT molecular complexity index is 807. The molecule has 0 atom stereocenters. The summed E-state index contributed by atoms with van der Waals surface area (Å²) in [5, 5.41) is 10.0. The molecule has 2 aromatic rings. The Morgan fingerprint density at radius 2 is 1.64 bits per heavy atom. The number of rotatable bonds is 6. The molecule has 2 aromatic carbocycles. The lowest BCUT2D eigenvalue weighted by Gasteiger charge is -2.07. The second-order valence-electron chi connectivity index (χ2n) is 4.94. The first-order valence-corrected chi connectivity index (χ1v) is 8.28. The van der Waals surface area contributed by atoms with Crippen molar-refractivity contribution in [2.24, 2.45) is 0 Å². The summed E-state index contributed by atoms with van der Waals surface area (Å²) < 4.78 is 0. The average molecular weight is 357 g/mol. The summed E-state index contributed by atoms with van der Waals surface area (Å²) in [5.74, 6) is -1.02. The minimum absolute atomic E-state index is 0.0394. The summed E-state index contributed by atoms with van der Waals surface area (Å²) in [6, 6.07) is 9.20. The molecule has 0 bridgehead atoms. The van der Waals surface area contributed by atoms with Gasteiger partial charge in [-0.25, -0.2) is 0 Å². The van der Waals surface area contributed by atoms with E-state index in [1.165, 1.54) is 18.2 Å². The third-order valence-electron chi connectivity index (χ3n) is 3.43. The number of phenols is 1. The third kappa shape index (κ3) is 5.16. The second-order valence-corrected chi connectivity index (χ2v) is 5.37. The van der Waals surface area contributed by atoms with Gasteiger partial charge in [0, 0.05) is 10.6 Å². The lowest BCUT2D eigenvalue weighted by molar-refractivity contribution is 0.0893. The van der Waals surface area contributed by atoms with Gasteiger partial charge in [-0.2, -0.15) is 0 Å². The Morgan fingerprint density at radius 1 is 1.00 bits per heavy atom. The van der Waals surface area contributed by atoms with Crippen LogP contribution in [-0.4, -0.2) is 16.7 Å². The van der Waals surface area contributed by atoms with Gasteiger partial charge in [-0.3, -0.25) is 9.59 Å². The van der Waals surface area contributed by atoms with Gasteiger partial charge in [0.1, 0.15) is 5.75 Å². The fourth-order valence-electron chi connectivity index (χ4n) is 2.19. The molecule has 0 aliphatic rings. The van der Waals surface area contributed by atoms with Gasteiger partial charge in [-0.1, -0.05) is 62.9 Å². The van der Waals surface area contributed by atoms with Crippen molar-refractivity contribution >= 4 is 35.3 Å². The maximum absolute atomic E-state index is 12.3. The summed E-state index contributed by atoms with van der Waals surface area (Å²) in [7, 11) is 0. The first-order chi connectivity index (χ1) is 12.0. The van der Waals surface area contributed by atoms with Gasteiger partial charge >= 0.3 is 0 Å². The van der Waals surface area contributed by atoms with Gasteiger partial charge in [0.2, 0.25) is 0 Å². The Hall–Kier alpha value is -2.65. The van der Waals surface area contributed by atoms with E-state index in [0.29, 0.717) is 10.6 Å². The van der Waals surface area contributed by atoms with Gasteiger partial charge in [-0.15, -0.1) is 0 Å². The Balaban J connectivity index is 0.00000151. The molecular weight excluding hydrogens is 336 g/mol. The van der Waals surface area contributed by atoms with Gasteiger partial charge in [-0.05, 0) is 35.4 Å². The number of carbonyl (C=O) groups is 2. The molecule has 0 unspecified atom stereocenters. The van der Waals surface area contributed by atoms with Crippen molar-refractivity contribution in [1.29, 1.82) is 0 Å². The van der Waals surface area contributed by atoms with E-state index in [1.54, 1.807) is 30.4 Å². The number of hydrogen-bond acceptors (Lipinski definition) is 3. The standard InChI is InChI=1S/C19H15ClO3.C2H6/c1-3-12-5-6-14(9-13(12)4-2)18(22)11-19(23)16-10-15(20)7-8-17(16)21;1-2/h3-10,21H,1-2,11H2;1-2H3. The summed E-state index contributed by atoms with van der Waals surface area (Å²) in [5.41, 5.74) is 2.07. The van der Waals surface area contributed by atoms with E-state index >= 15 is 0 Å². The van der Waals surface area contributed by atoms with Crippen LogP contribution in [0, 0.1) is 0 Å². The van der Waals surface area contributed by atoms with E-state index in [2.05, 4.69) is 13.2 Å². The minimum atomic E-state index is -0.483. The lowest BCUT2D eigenvalue weighted by atomic mass is 9.97. The molecule has 1 N–H and O–H groups in total. The molecule has 130 valence electrons. The monoisotopic (exact) mass is 356 g/mol. The van der Waals surface area contributed by atoms with Crippen LogP contribution in [0.1, 0.15) is 52.1 Å². The van der Waals surface area contributed by atoms with Crippen LogP contribution in [0.15, 0.2) is 49.6 Å². The van der Waals surface area contributed by atoms with Crippen LogP contribution in [0.2, 0.25) is 5.02 Å². The zero-order valence-corrected chi connectivity index (χ0v) is 15.1. The van der Waals surface area contributed by atoms with Crippen molar-refractivity contribution in [3.8, 4) is 5.75 Å². The zero-order valence-electron chi connectivity index (χ0n) is 14.4. The van der Waals surface area contributed by atoms with Crippen molar-refractivity contribution in [3.63, 3.8) is 0 Å². The summed E-state index contributed by atoms with van der Waals surface area (Å²) >= 11 is 5.82. The molecule has 0 fully saturated rings. The van der Waals surface area contributed by atoms with Gasteiger partial charge in [0.15, 0.2) is 11.6 Å². The molecule has 0 aromatic heterocycles. The molecular formula is C21H21ClO3. The minimum Gasteiger partial charge on any atom is -0.507 e. The van der Waals surface area contributed by atoms with E-state index in [0.717, 1.165) is 11.1 Å². The van der Waals surface area contributed by atoms with E-state index < -0.39 is 5.78 Å². The smallest absolute Gasteiger partial charge is 0.174 e. The van der Waals surface area contributed by atoms with Crippen molar-refractivity contribution in [3.05, 3.63) is 76.8 Å². The van der Waals surface area contributed by atoms with Gasteiger partial charge < -0.3 is 5.11 Å². The number of halogens is 1. The summed E-state index contributed by atoms with van der Waals surface area (Å²) in [4.78, 5) is 24.5. The van der Waals surface area contributed by atoms with Crippen molar-refractivity contribution in [1.82, 2.24) is 0 Å². The molecule has 2 rings (SSSR count). The predicted molar refractivity (Wildman–Crippen MR) is 104 cm³/mol. The number of Topliss-reactive ketones (excluding diaryl/α,β-unsaturated/α-hetero) is 2. The normalized spacial score (nSPS) is 9.56. The highest BCUT2D eigenvalue weighted by Gasteiger charge is 2.17. The third-order valence-corrected chi connectivity index (χ3v) is 3.66. The first kappa shape index (κ1) is 20.4. The highest BCUT2D eigenvalue weighted by atomic mass is 35.5. The second kappa shape index (κ2) is 9.60. The molecule has 0 aliphatic heterocycles. The molecule has 0 radical (unpaired) electrons. The number of ketones is 2. The topological polar surface area (TPSA) is 54.4 Å². The van der Waals surface area contributed by atoms with E-state index in [9.17, 15) is 14.7 Å². The fourth-order valence-corrected chi connectivity index (χ4v) is 2.36. The number of carbonyl (C=O) groups excluding carboxylic acids is 2. The van der Waals surface area contributed by atoms with Gasteiger partial charge in [0.25, 0.3) is 0 Å². The SMILES string of the molecule is C=Cc1ccc(C(=O)CC(=O)c2cc(Cl)ccc2O)cc1C=C.CC. The van der Waals surface area contributed by atoms with E-state index in [-0.39, 0.29) is 23.5 Å². The van der Waals surface area contributed by atoms with Crippen molar-refractivity contribution in [2.75, 3.05) is 0 Å². The number of phenolic OH excluding ortho intramolecular Hbond substituents is 1. The number of aromatic hydroxyl groups is 1. The first-order valence-electron chi connectivity index (χ1n) is 7.90. The van der Waals surface area contributed by atoms with Gasteiger partial charge in [0.05, 0.1) is 12.0 Å². The molecule has 0 spiro atoms. The van der Waals surface area contributed by atoms with Crippen LogP contribution < -0.4 is 0 Å². The van der Waals surface area contributed by atoms with Crippen LogP contribution >= 0.6 is 11.6 Å². The highest BCUT2D eigenvalue weighted by Crippen LogP contribution is 2.24. The molecule has 25 heavy (non-hydrogen) atoms. The quantitative estimate of drug-likeness (QED) is 0.524. The molecule has 0 heterocycles. The predicted octanol–water partition coefficient (Wildman–Crippen LogP) is 5.81. The number of benzene rings is 2. The molecule has 0 saturated heterocycles. The maximum atomic E-state index is 12.3. The molecule has 0 aliphatic carbocycles. The Labute approximate surface area is 153 Å².